The van der Waals surface area contributed by atoms with E-state index in [1.165, 1.54) is 6.08 Å². The third kappa shape index (κ3) is 3.66. The lowest BCUT2D eigenvalue weighted by atomic mass is 10.1. The quantitative estimate of drug-likeness (QED) is 0.371. The number of halogens is 1. The van der Waals surface area contributed by atoms with Crippen LogP contribution in [-0.2, 0) is 9.53 Å². The zero-order chi connectivity index (χ0) is 12.0. The fraction of sp³-hybridized carbons (Fsp3) is 0.167. The molecule has 0 heterocycles. The van der Waals surface area contributed by atoms with E-state index < -0.39 is 5.97 Å². The van der Waals surface area contributed by atoms with Crippen LogP contribution in [0.3, 0.4) is 0 Å². The first-order valence-electron chi connectivity index (χ1n) is 4.72. The van der Waals surface area contributed by atoms with Gasteiger partial charge in [-0.15, -0.1) is 0 Å². The second kappa shape index (κ2) is 6.28. The molecule has 0 N–H and O–H groups in total. The summed E-state index contributed by atoms with van der Waals surface area (Å²) in [6.07, 6.45) is 1.53. The molecule has 0 saturated heterocycles. The first-order chi connectivity index (χ1) is 7.67. The van der Waals surface area contributed by atoms with Gasteiger partial charge in [-0.1, -0.05) is 12.1 Å². The molecule has 0 radical (unpaired) electrons. The standard InChI is InChI=1S/C12H10INO2/c1-2-16-12(15)10(8-14)6-9-4-3-5-11(13)7-9/h3-7H,2H2,1H3/b10-6+. The van der Waals surface area contributed by atoms with Crippen LogP contribution in [0.15, 0.2) is 29.8 Å². The van der Waals surface area contributed by atoms with E-state index in [9.17, 15) is 4.79 Å². The Morgan fingerprint density at radius 2 is 2.38 bits per heavy atom. The van der Waals surface area contributed by atoms with Gasteiger partial charge in [-0.25, -0.2) is 4.79 Å². The summed E-state index contributed by atoms with van der Waals surface area (Å²) in [5.41, 5.74) is 0.834. The summed E-state index contributed by atoms with van der Waals surface area (Å²) in [6, 6.07) is 9.36. The van der Waals surface area contributed by atoms with Crippen molar-refractivity contribution in [3.8, 4) is 6.07 Å². The van der Waals surface area contributed by atoms with Crippen molar-refractivity contribution in [2.45, 2.75) is 6.92 Å². The first kappa shape index (κ1) is 12.7. The lowest BCUT2D eigenvalue weighted by molar-refractivity contribution is -0.137. The summed E-state index contributed by atoms with van der Waals surface area (Å²) < 4.78 is 5.81. The van der Waals surface area contributed by atoms with Crippen LogP contribution < -0.4 is 0 Å². The number of carbonyl (C=O) groups excluding carboxylic acids is 1. The van der Waals surface area contributed by atoms with E-state index in [1.54, 1.807) is 6.92 Å². The average molecular weight is 327 g/mol. The van der Waals surface area contributed by atoms with Crippen molar-refractivity contribution in [1.29, 1.82) is 5.26 Å². The fourth-order valence-electron chi connectivity index (χ4n) is 1.11. The van der Waals surface area contributed by atoms with Crippen molar-refractivity contribution >= 4 is 34.6 Å². The van der Waals surface area contributed by atoms with E-state index in [4.69, 9.17) is 10.00 Å². The molecule has 1 aromatic rings. The van der Waals surface area contributed by atoms with Crippen molar-refractivity contribution in [2.75, 3.05) is 6.61 Å². The number of ether oxygens (including phenoxy) is 1. The van der Waals surface area contributed by atoms with E-state index in [-0.39, 0.29) is 12.2 Å². The first-order valence-corrected chi connectivity index (χ1v) is 5.79. The maximum atomic E-state index is 11.3. The van der Waals surface area contributed by atoms with Gasteiger partial charge in [0.05, 0.1) is 6.61 Å². The van der Waals surface area contributed by atoms with Gasteiger partial charge in [0.15, 0.2) is 0 Å². The number of benzene rings is 1. The molecule has 0 aliphatic rings. The van der Waals surface area contributed by atoms with Crippen LogP contribution >= 0.6 is 22.6 Å². The SMILES string of the molecule is CCOC(=O)/C(C#N)=C/c1cccc(I)c1. The molecule has 16 heavy (non-hydrogen) atoms. The molecular formula is C12H10INO2. The maximum Gasteiger partial charge on any atom is 0.348 e. The molecule has 3 nitrogen and oxygen atoms in total. The minimum absolute atomic E-state index is 0.0175. The fourth-order valence-corrected chi connectivity index (χ4v) is 1.68. The van der Waals surface area contributed by atoms with Crippen molar-refractivity contribution in [2.24, 2.45) is 0 Å². The summed E-state index contributed by atoms with van der Waals surface area (Å²) in [4.78, 5) is 11.3. The number of carbonyl (C=O) groups is 1. The highest BCUT2D eigenvalue weighted by Gasteiger charge is 2.09. The Morgan fingerprint density at radius 3 is 2.94 bits per heavy atom. The summed E-state index contributed by atoms with van der Waals surface area (Å²) in [6.45, 7) is 1.97. The van der Waals surface area contributed by atoms with Crippen LogP contribution in [0.4, 0.5) is 0 Å². The Hall–Kier alpha value is -1.35. The third-order valence-corrected chi connectivity index (χ3v) is 2.45. The molecule has 0 spiro atoms. The molecule has 82 valence electrons. The molecule has 0 saturated carbocycles. The van der Waals surface area contributed by atoms with Crippen molar-refractivity contribution in [3.05, 3.63) is 39.0 Å². The molecular weight excluding hydrogens is 317 g/mol. The molecule has 0 fully saturated rings. The van der Waals surface area contributed by atoms with Crippen molar-refractivity contribution in [3.63, 3.8) is 0 Å². The number of nitrogens with zero attached hydrogens (tertiary/aromatic N) is 1. The van der Waals surface area contributed by atoms with Gasteiger partial charge in [0, 0.05) is 3.57 Å². The molecule has 0 aliphatic carbocycles. The molecule has 0 amide bonds. The van der Waals surface area contributed by atoms with E-state index in [2.05, 4.69) is 22.6 Å². The topological polar surface area (TPSA) is 50.1 Å². The zero-order valence-electron chi connectivity index (χ0n) is 8.74. The Balaban J connectivity index is 2.97. The van der Waals surface area contributed by atoms with Gasteiger partial charge in [-0.05, 0) is 53.3 Å². The summed E-state index contributed by atoms with van der Waals surface area (Å²) in [5.74, 6) is -0.580. The van der Waals surface area contributed by atoms with Crippen LogP contribution in [0, 0.1) is 14.9 Å². The van der Waals surface area contributed by atoms with E-state index >= 15 is 0 Å². The highest BCUT2D eigenvalue weighted by molar-refractivity contribution is 14.1. The van der Waals surface area contributed by atoms with Crippen LogP contribution in [0.1, 0.15) is 12.5 Å². The van der Waals surface area contributed by atoms with Crippen LogP contribution in [0.5, 0.6) is 0 Å². The van der Waals surface area contributed by atoms with Gasteiger partial charge in [-0.2, -0.15) is 5.26 Å². The Morgan fingerprint density at radius 1 is 1.62 bits per heavy atom. The predicted octanol–water partition coefficient (Wildman–Crippen LogP) is 2.76. The second-order valence-electron chi connectivity index (χ2n) is 2.95. The Kier molecular flexibility index (Phi) is 4.99. The summed E-state index contributed by atoms with van der Waals surface area (Å²) >= 11 is 2.17. The highest BCUT2D eigenvalue weighted by atomic mass is 127. The lowest BCUT2D eigenvalue weighted by Crippen LogP contribution is -2.05. The Labute approximate surface area is 108 Å². The molecule has 0 aromatic heterocycles. The van der Waals surface area contributed by atoms with Gasteiger partial charge in [0.2, 0.25) is 0 Å². The van der Waals surface area contributed by atoms with Gasteiger partial charge >= 0.3 is 5.97 Å². The van der Waals surface area contributed by atoms with E-state index in [0.29, 0.717) is 0 Å². The molecule has 4 heteroatoms. The number of nitriles is 1. The van der Waals surface area contributed by atoms with Crippen LogP contribution in [0.2, 0.25) is 0 Å². The van der Waals surface area contributed by atoms with Gasteiger partial charge < -0.3 is 4.74 Å². The molecule has 0 bridgehead atoms. The summed E-state index contributed by atoms with van der Waals surface area (Å²) in [7, 11) is 0. The Bertz CT molecular complexity index is 460. The molecule has 0 unspecified atom stereocenters. The highest BCUT2D eigenvalue weighted by Crippen LogP contribution is 2.12. The lowest BCUT2D eigenvalue weighted by Gasteiger charge is -2.00. The normalized spacial score (nSPS) is 10.7. The van der Waals surface area contributed by atoms with Crippen LogP contribution in [-0.4, -0.2) is 12.6 Å². The van der Waals surface area contributed by atoms with E-state index in [0.717, 1.165) is 9.13 Å². The molecule has 1 rings (SSSR count). The number of rotatable bonds is 3. The molecule has 0 atom stereocenters. The maximum absolute atomic E-state index is 11.3. The summed E-state index contributed by atoms with van der Waals surface area (Å²) in [5, 5.41) is 8.83. The molecule has 1 aromatic carbocycles. The number of hydrogen-bond donors (Lipinski definition) is 0. The van der Waals surface area contributed by atoms with Crippen molar-refractivity contribution in [1.82, 2.24) is 0 Å². The number of hydrogen-bond acceptors (Lipinski definition) is 3. The van der Waals surface area contributed by atoms with Gasteiger partial charge in [-0.3, -0.25) is 0 Å². The van der Waals surface area contributed by atoms with Crippen molar-refractivity contribution < 1.29 is 9.53 Å². The largest absolute Gasteiger partial charge is 0.462 e. The average Bonchev–Trinajstić information content (AvgIpc) is 2.26. The minimum atomic E-state index is -0.580. The van der Waals surface area contributed by atoms with Gasteiger partial charge in [0.25, 0.3) is 0 Å². The third-order valence-electron chi connectivity index (χ3n) is 1.78. The monoisotopic (exact) mass is 327 g/mol. The predicted molar refractivity (Wildman–Crippen MR) is 69.4 cm³/mol. The smallest absolute Gasteiger partial charge is 0.348 e. The molecule has 0 aliphatic heterocycles. The zero-order valence-corrected chi connectivity index (χ0v) is 10.9. The second-order valence-corrected chi connectivity index (χ2v) is 4.19. The minimum Gasteiger partial charge on any atom is -0.462 e. The van der Waals surface area contributed by atoms with E-state index in [1.807, 2.05) is 30.3 Å². The number of esters is 1. The van der Waals surface area contributed by atoms with Gasteiger partial charge in [0.1, 0.15) is 11.6 Å². The van der Waals surface area contributed by atoms with Crippen LogP contribution in [0.25, 0.3) is 6.08 Å².